The van der Waals surface area contributed by atoms with Gasteiger partial charge in [0.2, 0.25) is 5.91 Å². The van der Waals surface area contributed by atoms with Crippen LogP contribution >= 0.6 is 0 Å². The topological polar surface area (TPSA) is 95.9 Å². The first kappa shape index (κ1) is 24.3. The summed E-state index contributed by atoms with van der Waals surface area (Å²) < 4.78 is 5.61. The van der Waals surface area contributed by atoms with Gasteiger partial charge in [0.15, 0.2) is 0 Å². The predicted molar refractivity (Wildman–Crippen MR) is 132 cm³/mol. The normalized spacial score (nSPS) is 19.5. The number of benzene rings is 2. The van der Waals surface area contributed by atoms with E-state index < -0.39 is 24.0 Å². The standard InChI is InChI=1S/C28H30N2O5/c1-3-4-13-25(26(31)30-16-19(27(32)33)15-14-18(30)2)29-28(34)35-17-24-22-11-7-5-9-20(22)21-10-6-8-12-23(21)24/h5-12,18-19,24-25H,13-17H2,1-2H3,(H,29,34)(H,32,33). The molecule has 7 nitrogen and oxygen atoms in total. The molecule has 3 atom stereocenters. The maximum Gasteiger partial charge on any atom is 0.407 e. The van der Waals surface area contributed by atoms with Crippen molar-refractivity contribution < 1.29 is 24.2 Å². The lowest BCUT2D eigenvalue weighted by molar-refractivity contribution is -0.147. The number of carboxylic acid groups (broad SMARTS) is 1. The summed E-state index contributed by atoms with van der Waals surface area (Å²) in [6.07, 6.45) is 0.558. The zero-order valence-corrected chi connectivity index (χ0v) is 20.0. The minimum absolute atomic E-state index is 0.0869. The van der Waals surface area contributed by atoms with Crippen LogP contribution in [0.2, 0.25) is 0 Å². The van der Waals surface area contributed by atoms with Crippen molar-refractivity contribution in [3.63, 3.8) is 0 Å². The molecule has 0 aromatic heterocycles. The Morgan fingerprint density at radius 3 is 2.31 bits per heavy atom. The number of hydrogen-bond donors (Lipinski definition) is 2. The molecule has 0 spiro atoms. The minimum atomic E-state index is -0.913. The van der Waals surface area contributed by atoms with Crippen LogP contribution in [0.25, 0.3) is 11.1 Å². The average Bonchev–Trinajstić information content (AvgIpc) is 3.18. The Labute approximate surface area is 205 Å². The third-order valence-electron chi connectivity index (χ3n) is 6.93. The van der Waals surface area contributed by atoms with Crippen molar-refractivity contribution in [2.75, 3.05) is 13.2 Å². The molecule has 0 radical (unpaired) electrons. The van der Waals surface area contributed by atoms with Gasteiger partial charge in [-0.3, -0.25) is 9.59 Å². The van der Waals surface area contributed by atoms with Crippen LogP contribution in [0.15, 0.2) is 48.5 Å². The number of carbonyl (C=O) groups is 3. The van der Waals surface area contributed by atoms with Crippen LogP contribution in [-0.4, -0.2) is 53.2 Å². The van der Waals surface area contributed by atoms with Gasteiger partial charge in [-0.05, 0) is 48.9 Å². The van der Waals surface area contributed by atoms with E-state index in [1.54, 1.807) is 11.8 Å². The highest BCUT2D eigenvalue weighted by molar-refractivity contribution is 5.87. The molecule has 1 heterocycles. The van der Waals surface area contributed by atoms with Gasteiger partial charge in [0.25, 0.3) is 0 Å². The smallest absolute Gasteiger partial charge is 0.407 e. The third kappa shape index (κ3) is 5.17. The number of alkyl carbamates (subject to hydrolysis) is 1. The number of piperidine rings is 1. The van der Waals surface area contributed by atoms with Crippen LogP contribution in [0.4, 0.5) is 4.79 Å². The number of likely N-dealkylation sites (tertiary alicyclic amines) is 1. The molecular weight excluding hydrogens is 444 g/mol. The molecule has 1 fully saturated rings. The molecule has 2 N–H and O–H groups in total. The van der Waals surface area contributed by atoms with Crippen molar-refractivity contribution in [3.8, 4) is 23.0 Å². The number of amides is 2. The molecule has 0 saturated carbocycles. The fourth-order valence-electron chi connectivity index (χ4n) is 5.00. The number of fused-ring (bicyclic) bond motifs is 3. The van der Waals surface area contributed by atoms with Crippen molar-refractivity contribution >= 4 is 18.0 Å². The molecule has 4 rings (SSSR count). The summed E-state index contributed by atoms with van der Waals surface area (Å²) in [6, 6.07) is 15.1. The van der Waals surface area contributed by atoms with Gasteiger partial charge in [0.1, 0.15) is 12.6 Å². The Bertz CT molecular complexity index is 1140. The highest BCUT2D eigenvalue weighted by Crippen LogP contribution is 2.44. The van der Waals surface area contributed by atoms with Crippen LogP contribution < -0.4 is 5.32 Å². The fourth-order valence-corrected chi connectivity index (χ4v) is 5.00. The van der Waals surface area contributed by atoms with E-state index in [0.29, 0.717) is 12.8 Å². The van der Waals surface area contributed by atoms with E-state index in [2.05, 4.69) is 29.3 Å². The van der Waals surface area contributed by atoms with Gasteiger partial charge < -0.3 is 20.1 Å². The quantitative estimate of drug-likeness (QED) is 0.617. The zero-order valence-electron chi connectivity index (χ0n) is 20.0. The van der Waals surface area contributed by atoms with Crippen molar-refractivity contribution in [3.05, 3.63) is 59.7 Å². The van der Waals surface area contributed by atoms with E-state index in [9.17, 15) is 19.5 Å². The number of nitrogens with zero attached hydrogens (tertiary/aromatic N) is 1. The summed E-state index contributed by atoms with van der Waals surface area (Å²) >= 11 is 0. The second kappa shape index (κ2) is 10.6. The molecule has 2 aromatic carbocycles. The number of nitrogens with one attached hydrogen (secondary N) is 1. The van der Waals surface area contributed by atoms with E-state index in [4.69, 9.17) is 4.74 Å². The molecule has 2 aromatic rings. The van der Waals surface area contributed by atoms with Gasteiger partial charge in [-0.2, -0.15) is 0 Å². The Kier molecular flexibility index (Phi) is 7.40. The molecule has 182 valence electrons. The van der Waals surface area contributed by atoms with E-state index in [0.717, 1.165) is 22.3 Å². The molecule has 1 aliphatic carbocycles. The van der Waals surface area contributed by atoms with E-state index in [-0.39, 0.29) is 37.4 Å². The maximum atomic E-state index is 13.3. The van der Waals surface area contributed by atoms with Crippen molar-refractivity contribution in [1.29, 1.82) is 0 Å². The Morgan fingerprint density at radius 1 is 1.09 bits per heavy atom. The minimum Gasteiger partial charge on any atom is -0.481 e. The first-order valence-corrected chi connectivity index (χ1v) is 11.9. The first-order valence-electron chi connectivity index (χ1n) is 11.9. The van der Waals surface area contributed by atoms with Gasteiger partial charge in [0.05, 0.1) is 5.92 Å². The third-order valence-corrected chi connectivity index (χ3v) is 6.93. The monoisotopic (exact) mass is 474 g/mol. The van der Waals surface area contributed by atoms with Gasteiger partial charge in [-0.15, -0.1) is 11.8 Å². The Hall–Kier alpha value is -3.79. The first-order chi connectivity index (χ1) is 16.9. The second-order valence-electron chi connectivity index (χ2n) is 9.11. The predicted octanol–water partition coefficient (Wildman–Crippen LogP) is 4.02. The maximum absolute atomic E-state index is 13.3. The van der Waals surface area contributed by atoms with Crippen molar-refractivity contribution in [2.24, 2.45) is 5.92 Å². The second-order valence-corrected chi connectivity index (χ2v) is 9.11. The van der Waals surface area contributed by atoms with Crippen LogP contribution in [0.3, 0.4) is 0 Å². The van der Waals surface area contributed by atoms with Gasteiger partial charge in [0, 0.05) is 24.9 Å². The zero-order chi connectivity index (χ0) is 24.9. The van der Waals surface area contributed by atoms with Crippen LogP contribution in [0.5, 0.6) is 0 Å². The van der Waals surface area contributed by atoms with Crippen molar-refractivity contribution in [1.82, 2.24) is 10.2 Å². The summed E-state index contributed by atoms with van der Waals surface area (Å²) in [5.41, 5.74) is 4.48. The molecular formula is C28H30N2O5. The molecule has 0 bridgehead atoms. The Balaban J connectivity index is 1.44. The summed E-state index contributed by atoms with van der Waals surface area (Å²) in [5.74, 6) is 3.68. The van der Waals surface area contributed by atoms with E-state index in [1.807, 2.05) is 43.3 Å². The molecule has 1 aliphatic heterocycles. The highest BCUT2D eigenvalue weighted by atomic mass is 16.5. The summed E-state index contributed by atoms with van der Waals surface area (Å²) in [4.78, 5) is 39.1. The largest absolute Gasteiger partial charge is 0.481 e. The number of hydrogen-bond acceptors (Lipinski definition) is 4. The SMILES string of the molecule is CC#CCC(NC(=O)OCC1c2ccccc2-c2ccccc21)C(=O)N1CC(C(=O)O)CCC1C. The van der Waals surface area contributed by atoms with Gasteiger partial charge in [-0.1, -0.05) is 48.5 Å². The lowest BCUT2D eigenvalue weighted by Gasteiger charge is -2.38. The average molecular weight is 475 g/mol. The molecule has 1 saturated heterocycles. The molecule has 7 heteroatoms. The highest BCUT2D eigenvalue weighted by Gasteiger charge is 2.36. The Morgan fingerprint density at radius 2 is 1.71 bits per heavy atom. The summed E-state index contributed by atoms with van der Waals surface area (Å²) in [5, 5.41) is 12.1. The molecule has 2 aliphatic rings. The number of aliphatic carboxylic acids is 1. The lowest BCUT2D eigenvalue weighted by Crippen LogP contribution is -2.55. The molecule has 3 unspecified atom stereocenters. The summed E-state index contributed by atoms with van der Waals surface area (Å²) in [6.45, 7) is 3.82. The number of carboxylic acids is 1. The van der Waals surface area contributed by atoms with Crippen LogP contribution in [0, 0.1) is 17.8 Å². The fraction of sp³-hybridized carbons (Fsp3) is 0.393. The number of carbonyl (C=O) groups excluding carboxylic acids is 2. The number of ether oxygens (including phenoxy) is 1. The van der Waals surface area contributed by atoms with E-state index in [1.165, 1.54) is 0 Å². The molecule has 35 heavy (non-hydrogen) atoms. The lowest BCUT2D eigenvalue weighted by atomic mass is 9.92. The summed E-state index contributed by atoms with van der Waals surface area (Å²) in [7, 11) is 0. The van der Waals surface area contributed by atoms with Crippen molar-refractivity contribution in [2.45, 2.75) is 51.1 Å². The van der Waals surface area contributed by atoms with Crippen LogP contribution in [-0.2, 0) is 14.3 Å². The van der Waals surface area contributed by atoms with Gasteiger partial charge in [-0.25, -0.2) is 4.79 Å². The van der Waals surface area contributed by atoms with Crippen LogP contribution in [0.1, 0.15) is 50.2 Å². The van der Waals surface area contributed by atoms with Gasteiger partial charge >= 0.3 is 12.1 Å². The number of rotatable bonds is 6. The molecule has 2 amide bonds. The van der Waals surface area contributed by atoms with E-state index >= 15 is 0 Å².